The van der Waals surface area contributed by atoms with Crippen LogP contribution in [0.15, 0.2) is 48.5 Å². The lowest BCUT2D eigenvalue weighted by Gasteiger charge is -2.14. The van der Waals surface area contributed by atoms with E-state index in [1.807, 2.05) is 24.3 Å². The molecule has 2 aromatic rings. The highest BCUT2D eigenvalue weighted by Gasteiger charge is 2.50. The number of hydrogen-bond donors (Lipinski definition) is 3. The fourth-order valence-corrected chi connectivity index (χ4v) is 4.06. The molecule has 0 saturated heterocycles. The topological polar surface area (TPSA) is 105 Å². The van der Waals surface area contributed by atoms with Crippen LogP contribution in [-0.4, -0.2) is 42.8 Å². The van der Waals surface area contributed by atoms with Gasteiger partial charge in [-0.3, -0.25) is 9.59 Å². The van der Waals surface area contributed by atoms with Crippen LogP contribution >= 0.6 is 0 Å². The van der Waals surface area contributed by atoms with E-state index in [0.29, 0.717) is 25.8 Å². The molecule has 162 valence electrons. The van der Waals surface area contributed by atoms with Crippen molar-refractivity contribution in [2.24, 2.45) is 5.41 Å². The normalized spacial score (nSPS) is 15.5. The first-order valence-electron chi connectivity index (χ1n) is 10.6. The van der Waals surface area contributed by atoms with Crippen molar-refractivity contribution in [3.63, 3.8) is 0 Å². The fraction of sp³-hybridized carbons (Fsp3) is 0.375. The molecule has 0 spiro atoms. The molecule has 2 aliphatic carbocycles. The molecule has 0 aliphatic heterocycles. The van der Waals surface area contributed by atoms with Gasteiger partial charge in [0.2, 0.25) is 5.91 Å². The van der Waals surface area contributed by atoms with Crippen LogP contribution in [0.1, 0.15) is 42.7 Å². The van der Waals surface area contributed by atoms with Crippen LogP contribution in [0.4, 0.5) is 4.79 Å². The molecule has 0 bridgehead atoms. The zero-order chi connectivity index (χ0) is 21.8. The number of hydrogen-bond acceptors (Lipinski definition) is 4. The van der Waals surface area contributed by atoms with Gasteiger partial charge in [-0.15, -0.1) is 0 Å². The Hall–Kier alpha value is -3.35. The van der Waals surface area contributed by atoms with Gasteiger partial charge in [-0.05, 0) is 41.5 Å². The molecule has 4 rings (SSSR count). The Labute approximate surface area is 180 Å². The first-order valence-corrected chi connectivity index (χ1v) is 10.6. The summed E-state index contributed by atoms with van der Waals surface area (Å²) in [5.41, 5.74) is 3.89. The van der Waals surface area contributed by atoms with Gasteiger partial charge in [0.25, 0.3) is 0 Å². The van der Waals surface area contributed by atoms with Crippen LogP contribution in [0, 0.1) is 5.41 Å². The Bertz CT molecular complexity index is 953. The molecular formula is C24H26N2O5. The minimum Gasteiger partial charge on any atom is -0.481 e. The summed E-state index contributed by atoms with van der Waals surface area (Å²) in [4.78, 5) is 35.1. The molecule has 0 heterocycles. The number of ether oxygens (including phenoxy) is 1. The lowest BCUT2D eigenvalue weighted by Crippen LogP contribution is -2.34. The fourth-order valence-electron chi connectivity index (χ4n) is 4.06. The highest BCUT2D eigenvalue weighted by Crippen LogP contribution is 2.45. The standard InChI is InChI=1S/C24H26N2O5/c27-21(26-15-24(11-12-24)22(28)29)10-5-13-25-23(30)31-14-20-18-8-3-1-6-16(18)17-7-2-4-9-19(17)20/h1-4,6-9,20H,5,10-15H2,(H,25,30)(H,26,27)(H,28,29). The van der Waals surface area contributed by atoms with Crippen LogP contribution in [-0.2, 0) is 14.3 Å². The number of nitrogens with one attached hydrogen (secondary N) is 2. The molecule has 0 unspecified atom stereocenters. The first kappa shape index (κ1) is 20.9. The molecule has 7 nitrogen and oxygen atoms in total. The van der Waals surface area contributed by atoms with Crippen LogP contribution < -0.4 is 10.6 Å². The van der Waals surface area contributed by atoms with E-state index in [2.05, 4.69) is 34.9 Å². The summed E-state index contributed by atoms with van der Waals surface area (Å²) >= 11 is 0. The average Bonchev–Trinajstić information content (AvgIpc) is 3.51. The van der Waals surface area contributed by atoms with Crippen LogP contribution in [0.25, 0.3) is 11.1 Å². The second kappa shape index (κ2) is 8.79. The van der Waals surface area contributed by atoms with E-state index in [0.717, 1.165) is 11.1 Å². The molecule has 1 fully saturated rings. The van der Waals surface area contributed by atoms with Gasteiger partial charge in [-0.1, -0.05) is 48.5 Å². The highest BCUT2D eigenvalue weighted by atomic mass is 16.5. The zero-order valence-electron chi connectivity index (χ0n) is 17.2. The summed E-state index contributed by atoms with van der Waals surface area (Å²) in [6, 6.07) is 16.3. The van der Waals surface area contributed by atoms with Crippen molar-refractivity contribution in [1.82, 2.24) is 10.6 Å². The molecule has 2 aromatic carbocycles. The predicted octanol–water partition coefficient (Wildman–Crippen LogP) is 3.29. The number of aliphatic carboxylic acids is 1. The Balaban J connectivity index is 1.18. The number of carbonyl (C=O) groups excluding carboxylic acids is 2. The summed E-state index contributed by atoms with van der Waals surface area (Å²) in [5, 5.41) is 14.5. The maximum Gasteiger partial charge on any atom is 0.407 e. The quantitative estimate of drug-likeness (QED) is 0.538. The smallest absolute Gasteiger partial charge is 0.407 e. The highest BCUT2D eigenvalue weighted by molar-refractivity contribution is 5.81. The van der Waals surface area contributed by atoms with Gasteiger partial charge in [0, 0.05) is 25.4 Å². The van der Waals surface area contributed by atoms with Gasteiger partial charge in [-0.25, -0.2) is 4.79 Å². The van der Waals surface area contributed by atoms with Crippen LogP contribution in [0.3, 0.4) is 0 Å². The minimum absolute atomic E-state index is 0.00732. The Kier molecular flexibility index (Phi) is 5.93. The molecule has 3 N–H and O–H groups in total. The molecule has 1 saturated carbocycles. The van der Waals surface area contributed by atoms with E-state index in [9.17, 15) is 14.4 Å². The third-order valence-corrected chi connectivity index (χ3v) is 6.12. The summed E-state index contributed by atoms with van der Waals surface area (Å²) in [5.74, 6) is -1.06. The number of carbonyl (C=O) groups is 3. The predicted molar refractivity (Wildman–Crippen MR) is 115 cm³/mol. The third kappa shape index (κ3) is 4.55. The van der Waals surface area contributed by atoms with Gasteiger partial charge < -0.3 is 20.5 Å². The van der Waals surface area contributed by atoms with Gasteiger partial charge in [0.05, 0.1) is 5.41 Å². The number of amides is 2. The van der Waals surface area contributed by atoms with Crippen molar-refractivity contribution in [1.29, 1.82) is 0 Å². The summed E-state index contributed by atoms with van der Waals surface area (Å²) < 4.78 is 5.46. The Morgan fingerprint density at radius 2 is 1.58 bits per heavy atom. The Morgan fingerprint density at radius 1 is 0.968 bits per heavy atom. The Morgan fingerprint density at radius 3 is 2.16 bits per heavy atom. The van der Waals surface area contributed by atoms with E-state index in [1.165, 1.54) is 11.1 Å². The largest absolute Gasteiger partial charge is 0.481 e. The number of carboxylic acid groups (broad SMARTS) is 1. The molecule has 0 atom stereocenters. The van der Waals surface area contributed by atoms with Crippen molar-refractivity contribution in [3.05, 3.63) is 59.7 Å². The number of fused-ring (bicyclic) bond motifs is 3. The van der Waals surface area contributed by atoms with Gasteiger partial charge >= 0.3 is 12.1 Å². The van der Waals surface area contributed by atoms with E-state index in [4.69, 9.17) is 9.84 Å². The second-order valence-electron chi connectivity index (χ2n) is 8.22. The van der Waals surface area contributed by atoms with E-state index in [1.54, 1.807) is 0 Å². The number of carboxylic acids is 1. The maximum absolute atomic E-state index is 12.1. The molecule has 31 heavy (non-hydrogen) atoms. The van der Waals surface area contributed by atoms with Crippen LogP contribution in [0.5, 0.6) is 0 Å². The summed E-state index contributed by atoms with van der Waals surface area (Å²) in [6.45, 7) is 0.729. The molecule has 2 amide bonds. The number of alkyl carbamates (subject to hydrolysis) is 1. The molecule has 2 aliphatic rings. The van der Waals surface area contributed by atoms with Crippen molar-refractivity contribution in [2.75, 3.05) is 19.7 Å². The van der Waals surface area contributed by atoms with Crippen molar-refractivity contribution in [2.45, 2.75) is 31.6 Å². The second-order valence-corrected chi connectivity index (χ2v) is 8.22. The minimum atomic E-state index is -0.857. The molecule has 7 heteroatoms. The summed E-state index contributed by atoms with van der Waals surface area (Å²) in [6.07, 6.45) is 1.37. The average molecular weight is 422 g/mol. The first-order chi connectivity index (χ1) is 15.0. The molecule has 0 radical (unpaired) electrons. The van der Waals surface area contributed by atoms with Gasteiger partial charge in [0.1, 0.15) is 6.61 Å². The zero-order valence-corrected chi connectivity index (χ0v) is 17.2. The number of rotatable bonds is 9. The SMILES string of the molecule is O=C(CCCNC(=O)OCC1c2ccccc2-c2ccccc21)NCC1(C(=O)O)CC1. The van der Waals surface area contributed by atoms with Gasteiger partial charge in [-0.2, -0.15) is 0 Å². The molecular weight excluding hydrogens is 396 g/mol. The van der Waals surface area contributed by atoms with E-state index < -0.39 is 17.5 Å². The number of benzene rings is 2. The summed E-state index contributed by atoms with van der Waals surface area (Å²) in [7, 11) is 0. The lowest BCUT2D eigenvalue weighted by atomic mass is 9.98. The van der Waals surface area contributed by atoms with Crippen molar-refractivity contribution < 1.29 is 24.2 Å². The van der Waals surface area contributed by atoms with Crippen molar-refractivity contribution >= 4 is 18.0 Å². The van der Waals surface area contributed by atoms with E-state index >= 15 is 0 Å². The van der Waals surface area contributed by atoms with Crippen LogP contribution in [0.2, 0.25) is 0 Å². The monoisotopic (exact) mass is 422 g/mol. The molecule has 0 aromatic heterocycles. The lowest BCUT2D eigenvalue weighted by molar-refractivity contribution is -0.143. The third-order valence-electron chi connectivity index (χ3n) is 6.12. The van der Waals surface area contributed by atoms with Gasteiger partial charge in [0.15, 0.2) is 0 Å². The van der Waals surface area contributed by atoms with E-state index in [-0.39, 0.29) is 31.4 Å². The maximum atomic E-state index is 12.1. The van der Waals surface area contributed by atoms with Crippen molar-refractivity contribution in [3.8, 4) is 11.1 Å².